The van der Waals surface area contributed by atoms with E-state index in [-0.39, 0.29) is 11.7 Å². The van der Waals surface area contributed by atoms with E-state index in [2.05, 4.69) is 18.0 Å². The molecule has 5 heteroatoms. The van der Waals surface area contributed by atoms with Crippen LogP contribution in [-0.2, 0) is 6.42 Å². The van der Waals surface area contributed by atoms with Gasteiger partial charge in [0.25, 0.3) is 0 Å². The Morgan fingerprint density at radius 3 is 2.50 bits per heavy atom. The Hall–Kier alpha value is -2.37. The van der Waals surface area contributed by atoms with Crippen LogP contribution in [0.4, 0.5) is 0 Å². The van der Waals surface area contributed by atoms with Gasteiger partial charge in [0.2, 0.25) is 5.56 Å². The van der Waals surface area contributed by atoms with E-state index in [0.717, 1.165) is 50.9 Å². The summed E-state index contributed by atoms with van der Waals surface area (Å²) in [5.74, 6) is 0.854. The molecule has 0 fully saturated rings. The molecular formula is C21H27N3O2. The van der Waals surface area contributed by atoms with Gasteiger partial charge >= 0.3 is 0 Å². The number of H-pyrrole nitrogens is 1. The molecule has 2 heterocycles. The maximum atomic E-state index is 11.9. The van der Waals surface area contributed by atoms with Crippen molar-refractivity contribution in [1.82, 2.24) is 4.98 Å². The van der Waals surface area contributed by atoms with Gasteiger partial charge in [0.15, 0.2) is 0 Å². The highest BCUT2D eigenvalue weighted by molar-refractivity contribution is 5.96. The number of fused-ring (bicyclic) bond motifs is 3. The third-order valence-electron chi connectivity index (χ3n) is 5.52. The molecule has 0 aliphatic carbocycles. The molecule has 1 aliphatic heterocycles. The van der Waals surface area contributed by atoms with Gasteiger partial charge in [0.1, 0.15) is 11.9 Å². The van der Waals surface area contributed by atoms with E-state index in [0.29, 0.717) is 13.1 Å². The minimum Gasteiger partial charge on any atom is -0.485 e. The predicted molar refractivity (Wildman–Crippen MR) is 107 cm³/mol. The van der Waals surface area contributed by atoms with Gasteiger partial charge in [-0.2, -0.15) is 0 Å². The van der Waals surface area contributed by atoms with Gasteiger partial charge < -0.3 is 21.2 Å². The summed E-state index contributed by atoms with van der Waals surface area (Å²) in [5, 5.41) is 0.932. The minimum atomic E-state index is -0.124. The second kappa shape index (κ2) is 7.09. The van der Waals surface area contributed by atoms with Gasteiger partial charge in [-0.05, 0) is 56.5 Å². The lowest BCUT2D eigenvalue weighted by atomic mass is 9.94. The van der Waals surface area contributed by atoms with Gasteiger partial charge in [-0.1, -0.05) is 11.1 Å². The first-order chi connectivity index (χ1) is 12.4. The molecule has 3 rings (SSSR count). The number of hydrogen-bond acceptors (Lipinski definition) is 4. The molecule has 0 radical (unpaired) electrons. The van der Waals surface area contributed by atoms with Crippen LogP contribution in [0.1, 0.15) is 38.8 Å². The SMILES string of the molecule is CC(CN)=C(C)c1cc2c(c3ccc(=O)[nH]c13)OC(C(C)=C(C)CN)C2. The van der Waals surface area contributed by atoms with Gasteiger partial charge in [-0.25, -0.2) is 0 Å². The molecular weight excluding hydrogens is 326 g/mol. The molecule has 138 valence electrons. The molecule has 1 atom stereocenters. The molecule has 1 aromatic carbocycles. The Morgan fingerprint density at radius 1 is 1.15 bits per heavy atom. The van der Waals surface area contributed by atoms with Crippen LogP contribution in [0, 0.1) is 0 Å². The van der Waals surface area contributed by atoms with Crippen LogP contribution >= 0.6 is 0 Å². The minimum absolute atomic E-state index is 0.0150. The summed E-state index contributed by atoms with van der Waals surface area (Å²) in [7, 11) is 0. The lowest BCUT2D eigenvalue weighted by Gasteiger charge is -2.15. The number of nitrogens with two attached hydrogens (primary N) is 2. The number of hydrogen-bond donors (Lipinski definition) is 3. The molecule has 0 saturated carbocycles. The zero-order chi connectivity index (χ0) is 19.0. The number of nitrogens with one attached hydrogen (secondary N) is 1. The molecule has 5 N–H and O–H groups in total. The molecule has 1 aliphatic rings. The predicted octanol–water partition coefficient (Wildman–Crippen LogP) is 2.88. The van der Waals surface area contributed by atoms with Crippen molar-refractivity contribution < 1.29 is 4.74 Å². The molecule has 5 nitrogen and oxygen atoms in total. The van der Waals surface area contributed by atoms with Crippen LogP contribution < -0.4 is 21.8 Å². The maximum Gasteiger partial charge on any atom is 0.248 e. The zero-order valence-corrected chi connectivity index (χ0v) is 15.9. The topological polar surface area (TPSA) is 94.1 Å². The van der Waals surface area contributed by atoms with Crippen molar-refractivity contribution in [2.45, 2.75) is 40.2 Å². The first-order valence-electron chi connectivity index (χ1n) is 8.96. The van der Waals surface area contributed by atoms with Crippen molar-refractivity contribution >= 4 is 16.5 Å². The fourth-order valence-electron chi connectivity index (χ4n) is 3.39. The van der Waals surface area contributed by atoms with Crippen molar-refractivity contribution in [3.63, 3.8) is 0 Å². The van der Waals surface area contributed by atoms with Crippen molar-refractivity contribution in [1.29, 1.82) is 0 Å². The van der Waals surface area contributed by atoms with Crippen LogP contribution in [-0.4, -0.2) is 24.2 Å². The third-order valence-corrected chi connectivity index (χ3v) is 5.52. The number of rotatable bonds is 4. The number of pyridine rings is 1. The Bertz CT molecular complexity index is 983. The lowest BCUT2D eigenvalue weighted by Crippen LogP contribution is -2.18. The lowest BCUT2D eigenvalue weighted by molar-refractivity contribution is 0.271. The second-order valence-electron chi connectivity index (χ2n) is 7.11. The summed E-state index contributed by atoms with van der Waals surface area (Å²) in [4.78, 5) is 14.9. The van der Waals surface area contributed by atoms with Gasteiger partial charge in [-0.15, -0.1) is 0 Å². The van der Waals surface area contributed by atoms with Crippen molar-refractivity contribution in [3.8, 4) is 5.75 Å². The largest absolute Gasteiger partial charge is 0.485 e. The van der Waals surface area contributed by atoms with Crippen molar-refractivity contribution in [3.05, 3.63) is 56.4 Å². The standard InChI is InChI=1S/C21H27N3O2/c1-11(9-22)13(3)17-7-15-8-18(14(4)12(2)10-23)26-21(15)16-5-6-19(25)24-20(16)17/h5-7,18H,8-10,22-23H2,1-4H3,(H,24,25). The number of aromatic amines is 1. The molecule has 26 heavy (non-hydrogen) atoms. The molecule has 1 aromatic heterocycles. The smallest absolute Gasteiger partial charge is 0.248 e. The molecule has 0 spiro atoms. The second-order valence-corrected chi connectivity index (χ2v) is 7.11. The molecule has 0 saturated heterocycles. The van der Waals surface area contributed by atoms with E-state index in [4.69, 9.17) is 16.2 Å². The van der Waals surface area contributed by atoms with Crippen LogP contribution in [0.15, 0.2) is 39.7 Å². The average molecular weight is 353 g/mol. The van der Waals surface area contributed by atoms with E-state index in [1.807, 2.05) is 26.8 Å². The zero-order valence-electron chi connectivity index (χ0n) is 15.9. The van der Waals surface area contributed by atoms with Gasteiger partial charge in [-0.3, -0.25) is 4.79 Å². The summed E-state index contributed by atoms with van der Waals surface area (Å²) in [6, 6.07) is 5.53. The fraction of sp³-hybridized carbons (Fsp3) is 0.381. The number of ether oxygens (including phenoxy) is 1. The summed E-state index contributed by atoms with van der Waals surface area (Å²) in [5.41, 5.74) is 19.0. The first-order valence-corrected chi connectivity index (χ1v) is 8.96. The average Bonchev–Trinajstić information content (AvgIpc) is 3.08. The Kier molecular flexibility index (Phi) is 5.03. The summed E-state index contributed by atoms with van der Waals surface area (Å²) >= 11 is 0. The quantitative estimate of drug-likeness (QED) is 0.737. The van der Waals surface area contributed by atoms with Crippen LogP contribution in [0.2, 0.25) is 0 Å². The van der Waals surface area contributed by atoms with E-state index in [1.165, 1.54) is 5.57 Å². The van der Waals surface area contributed by atoms with Crippen LogP contribution in [0.3, 0.4) is 0 Å². The van der Waals surface area contributed by atoms with Crippen molar-refractivity contribution in [2.75, 3.05) is 13.1 Å². The number of aromatic nitrogens is 1. The molecule has 1 unspecified atom stereocenters. The number of benzene rings is 1. The summed E-state index contributed by atoms with van der Waals surface area (Å²) in [6.45, 7) is 9.20. The first kappa shape index (κ1) is 18.4. The maximum absolute atomic E-state index is 11.9. The molecule has 0 bridgehead atoms. The normalized spacial score (nSPS) is 18.3. The van der Waals surface area contributed by atoms with Crippen molar-refractivity contribution in [2.24, 2.45) is 11.5 Å². The van der Waals surface area contributed by atoms with E-state index in [1.54, 1.807) is 6.07 Å². The Morgan fingerprint density at radius 2 is 1.85 bits per heavy atom. The molecule has 2 aromatic rings. The third kappa shape index (κ3) is 3.08. The summed E-state index contributed by atoms with van der Waals surface area (Å²) in [6.07, 6.45) is 0.786. The Labute approximate surface area is 153 Å². The highest BCUT2D eigenvalue weighted by Crippen LogP contribution is 2.41. The van der Waals surface area contributed by atoms with E-state index < -0.39 is 0 Å². The highest BCUT2D eigenvalue weighted by atomic mass is 16.5. The van der Waals surface area contributed by atoms with Gasteiger partial charge in [0.05, 0.1) is 5.52 Å². The van der Waals surface area contributed by atoms with Crippen LogP contribution in [0.25, 0.3) is 16.5 Å². The highest BCUT2D eigenvalue weighted by Gasteiger charge is 2.28. The van der Waals surface area contributed by atoms with Crippen LogP contribution in [0.5, 0.6) is 5.75 Å². The Balaban J connectivity index is 2.22. The monoisotopic (exact) mass is 353 g/mol. The van der Waals surface area contributed by atoms with E-state index in [9.17, 15) is 4.79 Å². The fourth-order valence-corrected chi connectivity index (χ4v) is 3.39. The van der Waals surface area contributed by atoms with Gasteiger partial charge in [0, 0.05) is 36.5 Å². The van der Waals surface area contributed by atoms with E-state index >= 15 is 0 Å². The number of allylic oxidation sites excluding steroid dienone is 1. The summed E-state index contributed by atoms with van der Waals surface area (Å²) < 4.78 is 6.29. The molecule has 0 amide bonds.